The molecule has 27 heavy (non-hydrogen) atoms. The van der Waals surface area contributed by atoms with Gasteiger partial charge in [-0.05, 0) is 50.6 Å². The number of rotatable bonds is 6. The zero-order chi connectivity index (χ0) is 19.8. The van der Waals surface area contributed by atoms with Gasteiger partial charge in [-0.2, -0.15) is 0 Å². The summed E-state index contributed by atoms with van der Waals surface area (Å²) in [4.78, 5) is 35.5. The van der Waals surface area contributed by atoms with Gasteiger partial charge >= 0.3 is 12.0 Å². The molecule has 0 spiro atoms. The first-order valence-corrected chi connectivity index (χ1v) is 8.47. The van der Waals surface area contributed by atoms with Gasteiger partial charge in [0.1, 0.15) is 5.75 Å². The lowest BCUT2D eigenvalue weighted by Crippen LogP contribution is -2.37. The number of esters is 1. The number of urea groups is 1. The Morgan fingerprint density at radius 1 is 1.04 bits per heavy atom. The number of imide groups is 1. The first kappa shape index (κ1) is 20.0. The van der Waals surface area contributed by atoms with Crippen LogP contribution in [0.15, 0.2) is 42.5 Å². The monoisotopic (exact) mass is 370 g/mol. The first-order valence-electron chi connectivity index (χ1n) is 8.47. The van der Waals surface area contributed by atoms with Gasteiger partial charge in [-0.1, -0.05) is 23.8 Å². The number of carbonyl (C=O) groups is 3. The molecule has 2 aromatic rings. The van der Waals surface area contributed by atoms with Crippen LogP contribution in [-0.4, -0.2) is 31.1 Å². The molecule has 0 saturated heterocycles. The van der Waals surface area contributed by atoms with Crippen molar-refractivity contribution in [2.24, 2.45) is 0 Å². The fourth-order valence-corrected chi connectivity index (χ4v) is 2.35. The highest BCUT2D eigenvalue weighted by Gasteiger charge is 2.11. The van der Waals surface area contributed by atoms with Crippen LogP contribution in [0.4, 0.5) is 10.5 Å². The van der Waals surface area contributed by atoms with Gasteiger partial charge in [-0.15, -0.1) is 0 Å². The summed E-state index contributed by atoms with van der Waals surface area (Å²) in [5.41, 5.74) is 2.91. The third-order valence-corrected chi connectivity index (χ3v) is 3.60. The zero-order valence-corrected chi connectivity index (χ0v) is 15.5. The molecule has 3 amide bonds. The van der Waals surface area contributed by atoms with E-state index in [1.807, 2.05) is 26.0 Å². The smallest absolute Gasteiger partial charge is 0.338 e. The first-order chi connectivity index (χ1) is 12.9. The van der Waals surface area contributed by atoms with Gasteiger partial charge in [-0.3, -0.25) is 10.1 Å². The average Bonchev–Trinajstić information content (AvgIpc) is 2.63. The van der Waals surface area contributed by atoms with Crippen molar-refractivity contribution in [1.29, 1.82) is 0 Å². The molecule has 0 heterocycles. The van der Waals surface area contributed by atoms with E-state index in [9.17, 15) is 14.4 Å². The number of benzene rings is 2. The largest absolute Gasteiger partial charge is 0.484 e. The van der Waals surface area contributed by atoms with E-state index in [1.165, 1.54) is 6.07 Å². The van der Waals surface area contributed by atoms with Crippen molar-refractivity contribution in [3.05, 3.63) is 59.2 Å². The predicted molar refractivity (Wildman–Crippen MR) is 101 cm³/mol. The van der Waals surface area contributed by atoms with E-state index in [2.05, 4.69) is 10.6 Å². The maximum Gasteiger partial charge on any atom is 0.338 e. The van der Waals surface area contributed by atoms with E-state index >= 15 is 0 Å². The molecule has 0 aliphatic carbocycles. The quantitative estimate of drug-likeness (QED) is 0.762. The summed E-state index contributed by atoms with van der Waals surface area (Å²) in [6.45, 7) is 5.43. The number of carbonyl (C=O) groups excluding carboxylic acids is 3. The molecule has 7 heteroatoms. The summed E-state index contributed by atoms with van der Waals surface area (Å²) in [5.74, 6) is -0.760. The highest BCUT2D eigenvalue weighted by molar-refractivity contribution is 6.02. The van der Waals surface area contributed by atoms with Crippen LogP contribution in [0.3, 0.4) is 0 Å². The average molecular weight is 370 g/mol. The Hall–Kier alpha value is -3.35. The fraction of sp³-hybridized carbons (Fsp3) is 0.250. The summed E-state index contributed by atoms with van der Waals surface area (Å²) in [5, 5.41) is 4.81. The van der Waals surface area contributed by atoms with E-state index in [-0.39, 0.29) is 13.2 Å². The molecule has 0 aliphatic rings. The lowest BCUT2D eigenvalue weighted by Gasteiger charge is -2.11. The van der Waals surface area contributed by atoms with Crippen LogP contribution in [0, 0.1) is 13.8 Å². The fourth-order valence-electron chi connectivity index (χ4n) is 2.35. The molecule has 0 unspecified atom stereocenters. The molecule has 0 saturated carbocycles. The number of amides is 3. The number of nitrogens with one attached hydrogen (secondary N) is 2. The minimum absolute atomic E-state index is 0.266. The molecule has 0 fully saturated rings. The second-order valence-electron chi connectivity index (χ2n) is 5.86. The summed E-state index contributed by atoms with van der Waals surface area (Å²) < 4.78 is 10.2. The van der Waals surface area contributed by atoms with E-state index in [0.29, 0.717) is 17.0 Å². The Labute approximate surface area is 157 Å². The van der Waals surface area contributed by atoms with Crippen LogP contribution in [0.1, 0.15) is 28.4 Å². The van der Waals surface area contributed by atoms with E-state index in [1.54, 1.807) is 31.2 Å². The van der Waals surface area contributed by atoms with Crippen molar-refractivity contribution in [2.45, 2.75) is 20.8 Å². The molecule has 142 valence electrons. The Morgan fingerprint density at radius 2 is 1.81 bits per heavy atom. The Balaban J connectivity index is 1.86. The third-order valence-electron chi connectivity index (χ3n) is 3.60. The number of aryl methyl sites for hydroxylation is 2. The highest BCUT2D eigenvalue weighted by atomic mass is 16.5. The zero-order valence-electron chi connectivity index (χ0n) is 15.5. The van der Waals surface area contributed by atoms with Gasteiger partial charge in [0.15, 0.2) is 6.61 Å². The second-order valence-corrected chi connectivity index (χ2v) is 5.86. The summed E-state index contributed by atoms with van der Waals surface area (Å²) in [7, 11) is 0. The van der Waals surface area contributed by atoms with Gasteiger partial charge < -0.3 is 14.8 Å². The van der Waals surface area contributed by atoms with Gasteiger partial charge in [0.2, 0.25) is 0 Å². The Morgan fingerprint density at radius 3 is 2.52 bits per heavy atom. The van der Waals surface area contributed by atoms with Gasteiger partial charge in [0.25, 0.3) is 5.91 Å². The molecule has 0 aromatic heterocycles. The van der Waals surface area contributed by atoms with Crippen LogP contribution in [0.5, 0.6) is 5.75 Å². The van der Waals surface area contributed by atoms with Crippen molar-refractivity contribution in [3.63, 3.8) is 0 Å². The Kier molecular flexibility index (Phi) is 6.93. The minimum atomic E-state index is -0.643. The molecule has 0 radical (unpaired) electrons. The molecular weight excluding hydrogens is 348 g/mol. The van der Waals surface area contributed by atoms with Crippen LogP contribution < -0.4 is 15.4 Å². The van der Waals surface area contributed by atoms with Gasteiger partial charge in [0, 0.05) is 5.69 Å². The van der Waals surface area contributed by atoms with E-state index in [0.717, 1.165) is 11.1 Å². The third kappa shape index (κ3) is 6.14. The van der Waals surface area contributed by atoms with Crippen LogP contribution in [0.2, 0.25) is 0 Å². The van der Waals surface area contributed by atoms with Crippen molar-refractivity contribution < 1.29 is 23.9 Å². The number of hydrogen-bond acceptors (Lipinski definition) is 5. The highest BCUT2D eigenvalue weighted by Crippen LogP contribution is 2.16. The number of ether oxygens (including phenoxy) is 2. The lowest BCUT2D eigenvalue weighted by atomic mass is 10.1. The van der Waals surface area contributed by atoms with Crippen molar-refractivity contribution in [3.8, 4) is 5.75 Å². The maximum atomic E-state index is 11.9. The van der Waals surface area contributed by atoms with E-state index in [4.69, 9.17) is 9.47 Å². The number of anilines is 1. The lowest BCUT2D eigenvalue weighted by molar-refractivity contribution is -0.121. The number of hydrogen-bond donors (Lipinski definition) is 2. The molecule has 0 aliphatic heterocycles. The topological polar surface area (TPSA) is 93.7 Å². The molecule has 0 atom stereocenters. The molecular formula is C20H22N2O5. The standard InChI is InChI=1S/C20H22N2O5/c1-4-26-19(24)15-6-5-7-16(11-15)27-12-18(23)22-20(25)21-17-9-8-13(2)10-14(17)3/h5-11H,4,12H2,1-3H3,(H2,21,22,23,25). The van der Waals surface area contributed by atoms with Crippen molar-refractivity contribution in [2.75, 3.05) is 18.5 Å². The van der Waals surface area contributed by atoms with Crippen LogP contribution >= 0.6 is 0 Å². The normalized spacial score (nSPS) is 10.0. The summed E-state index contributed by atoms with van der Waals surface area (Å²) in [6, 6.07) is 11.2. The molecule has 2 rings (SSSR count). The van der Waals surface area contributed by atoms with Crippen LogP contribution in [0.25, 0.3) is 0 Å². The molecule has 0 bridgehead atoms. The van der Waals surface area contributed by atoms with Crippen molar-refractivity contribution >= 4 is 23.6 Å². The SMILES string of the molecule is CCOC(=O)c1cccc(OCC(=O)NC(=O)Nc2ccc(C)cc2C)c1. The molecule has 2 aromatic carbocycles. The summed E-state index contributed by atoms with van der Waals surface area (Å²) in [6.07, 6.45) is 0. The maximum absolute atomic E-state index is 11.9. The van der Waals surface area contributed by atoms with Crippen LogP contribution in [-0.2, 0) is 9.53 Å². The minimum Gasteiger partial charge on any atom is -0.484 e. The van der Waals surface area contributed by atoms with Gasteiger partial charge in [-0.25, -0.2) is 9.59 Å². The second kappa shape index (κ2) is 9.38. The van der Waals surface area contributed by atoms with Crippen molar-refractivity contribution in [1.82, 2.24) is 5.32 Å². The molecule has 7 nitrogen and oxygen atoms in total. The van der Waals surface area contributed by atoms with E-state index < -0.39 is 17.9 Å². The van der Waals surface area contributed by atoms with Gasteiger partial charge in [0.05, 0.1) is 12.2 Å². The Bertz CT molecular complexity index is 848. The predicted octanol–water partition coefficient (Wildman–Crippen LogP) is 3.21. The molecule has 2 N–H and O–H groups in total. The summed E-state index contributed by atoms with van der Waals surface area (Å²) >= 11 is 0.